The molecule has 30 heavy (non-hydrogen) atoms. The van der Waals surface area contributed by atoms with Gasteiger partial charge in [-0.2, -0.15) is 0 Å². The van der Waals surface area contributed by atoms with Crippen LogP contribution in [0.15, 0.2) is 0 Å². The second-order valence-electron chi connectivity index (χ2n) is 9.40. The molecule has 1 saturated carbocycles. The Balaban J connectivity index is 2.46. The molecule has 0 bridgehead atoms. The van der Waals surface area contributed by atoms with Gasteiger partial charge < -0.3 is 25.8 Å². The van der Waals surface area contributed by atoms with Gasteiger partial charge in [0.05, 0.1) is 0 Å². The second-order valence-corrected chi connectivity index (χ2v) is 9.40. The largest absolute Gasteiger partial charge is 0.480 e. The van der Waals surface area contributed by atoms with Crippen LogP contribution in [0, 0.1) is 17.8 Å². The highest BCUT2D eigenvalue weighted by Gasteiger charge is 2.30. The minimum absolute atomic E-state index is 0.104. The summed E-state index contributed by atoms with van der Waals surface area (Å²) in [5, 5.41) is 17.0. The van der Waals surface area contributed by atoms with E-state index in [1.165, 1.54) is 6.92 Å². The fourth-order valence-corrected chi connectivity index (χ4v) is 3.35. The average molecular weight is 428 g/mol. The molecule has 1 aliphatic rings. The number of carboxylic acids is 1. The molecule has 0 heterocycles. The Labute approximate surface area is 178 Å². The molecule has 0 aromatic heterocycles. The molecule has 0 aliphatic heterocycles. The summed E-state index contributed by atoms with van der Waals surface area (Å²) in [6.07, 6.45) is 2.22. The lowest BCUT2D eigenvalue weighted by atomic mass is 9.81. The van der Waals surface area contributed by atoms with Crippen molar-refractivity contribution in [1.82, 2.24) is 16.0 Å². The lowest BCUT2D eigenvalue weighted by Gasteiger charge is -2.29. The van der Waals surface area contributed by atoms with Crippen LogP contribution >= 0.6 is 0 Å². The standard InChI is InChI=1S/C21H37N3O6/c1-12(2)16(24-20(29)30-21(4,5)6)18(26)22-11-14-7-9-15(10-8-14)17(25)23-13(3)19(27)28/h12-16H,7-11H2,1-6H3,(H,22,26)(H,23,25)(H,24,29)(H,27,28)/t13-,14?,15?,16+/m1/s1. The Kier molecular flexibility index (Phi) is 9.58. The summed E-state index contributed by atoms with van der Waals surface area (Å²) in [6, 6.07) is -1.60. The number of rotatable bonds is 8. The van der Waals surface area contributed by atoms with Gasteiger partial charge in [0, 0.05) is 12.5 Å². The van der Waals surface area contributed by atoms with Crippen molar-refractivity contribution < 1.29 is 29.0 Å². The number of ether oxygens (including phenoxy) is 1. The van der Waals surface area contributed by atoms with E-state index in [0.29, 0.717) is 19.4 Å². The van der Waals surface area contributed by atoms with E-state index in [0.717, 1.165) is 12.8 Å². The summed E-state index contributed by atoms with van der Waals surface area (Å²) in [7, 11) is 0. The van der Waals surface area contributed by atoms with E-state index in [-0.39, 0.29) is 29.6 Å². The van der Waals surface area contributed by atoms with Crippen LogP contribution in [0.2, 0.25) is 0 Å². The summed E-state index contributed by atoms with van der Waals surface area (Å²) in [5.74, 6) is -1.60. The predicted octanol–water partition coefficient (Wildman–Crippen LogP) is 2.05. The summed E-state index contributed by atoms with van der Waals surface area (Å²) >= 11 is 0. The molecule has 1 fully saturated rings. The maximum absolute atomic E-state index is 12.6. The maximum Gasteiger partial charge on any atom is 0.408 e. The highest BCUT2D eigenvalue weighted by Crippen LogP contribution is 2.28. The van der Waals surface area contributed by atoms with Crippen LogP contribution in [0.4, 0.5) is 4.79 Å². The Morgan fingerprint density at radius 1 is 1.00 bits per heavy atom. The molecule has 1 aliphatic carbocycles. The van der Waals surface area contributed by atoms with E-state index in [2.05, 4.69) is 16.0 Å². The summed E-state index contributed by atoms with van der Waals surface area (Å²) in [5.41, 5.74) is -0.644. The lowest BCUT2D eigenvalue weighted by Crippen LogP contribution is -2.51. The predicted molar refractivity (Wildman–Crippen MR) is 112 cm³/mol. The fourth-order valence-electron chi connectivity index (χ4n) is 3.35. The first-order valence-electron chi connectivity index (χ1n) is 10.6. The Morgan fingerprint density at radius 3 is 2.03 bits per heavy atom. The van der Waals surface area contributed by atoms with Gasteiger partial charge in [-0.25, -0.2) is 4.79 Å². The Morgan fingerprint density at radius 2 is 1.57 bits per heavy atom. The first-order valence-corrected chi connectivity index (χ1v) is 10.6. The number of alkyl carbamates (subject to hydrolysis) is 1. The van der Waals surface area contributed by atoms with Crippen LogP contribution in [0.25, 0.3) is 0 Å². The first kappa shape index (κ1) is 25.7. The van der Waals surface area contributed by atoms with Crippen molar-refractivity contribution in [2.24, 2.45) is 17.8 Å². The molecule has 0 saturated heterocycles. The van der Waals surface area contributed by atoms with Crippen LogP contribution in [-0.2, 0) is 19.1 Å². The zero-order valence-electron chi connectivity index (χ0n) is 18.9. The number of aliphatic carboxylic acids is 1. The van der Waals surface area contributed by atoms with Crippen molar-refractivity contribution in [3.8, 4) is 0 Å². The van der Waals surface area contributed by atoms with Gasteiger partial charge in [0.25, 0.3) is 0 Å². The van der Waals surface area contributed by atoms with E-state index >= 15 is 0 Å². The number of carbonyl (C=O) groups excluding carboxylic acids is 3. The Hall–Kier alpha value is -2.32. The van der Waals surface area contributed by atoms with Crippen molar-refractivity contribution in [2.75, 3.05) is 6.54 Å². The quantitative estimate of drug-likeness (QED) is 0.468. The number of hydrogen-bond donors (Lipinski definition) is 4. The average Bonchev–Trinajstić information content (AvgIpc) is 2.62. The molecule has 172 valence electrons. The number of hydrogen-bond acceptors (Lipinski definition) is 5. The van der Waals surface area contributed by atoms with Crippen LogP contribution in [0.1, 0.15) is 67.2 Å². The summed E-state index contributed by atoms with van der Waals surface area (Å²) < 4.78 is 5.23. The summed E-state index contributed by atoms with van der Waals surface area (Å²) in [6.45, 7) is 10.9. The lowest BCUT2D eigenvalue weighted by molar-refractivity contribution is -0.142. The van der Waals surface area contributed by atoms with Gasteiger partial charge in [-0.15, -0.1) is 0 Å². The second kappa shape index (κ2) is 11.2. The minimum Gasteiger partial charge on any atom is -0.480 e. The van der Waals surface area contributed by atoms with Crippen molar-refractivity contribution in [2.45, 2.75) is 84.9 Å². The van der Waals surface area contributed by atoms with Gasteiger partial charge in [-0.05, 0) is 65.2 Å². The molecular weight excluding hydrogens is 390 g/mol. The maximum atomic E-state index is 12.6. The minimum atomic E-state index is -1.06. The van der Waals surface area contributed by atoms with Crippen molar-refractivity contribution in [1.29, 1.82) is 0 Å². The van der Waals surface area contributed by atoms with Gasteiger partial charge in [-0.3, -0.25) is 14.4 Å². The van der Waals surface area contributed by atoms with Crippen LogP contribution in [0.5, 0.6) is 0 Å². The van der Waals surface area contributed by atoms with E-state index in [9.17, 15) is 19.2 Å². The summed E-state index contributed by atoms with van der Waals surface area (Å²) in [4.78, 5) is 47.6. The molecule has 1 rings (SSSR count). The third-order valence-electron chi connectivity index (χ3n) is 5.13. The SMILES string of the molecule is CC(C)[C@H](NC(=O)OC(C)(C)C)C(=O)NCC1CCC(C(=O)N[C@H](C)C(=O)O)CC1. The third-order valence-corrected chi connectivity index (χ3v) is 5.13. The van der Waals surface area contributed by atoms with E-state index in [4.69, 9.17) is 9.84 Å². The smallest absolute Gasteiger partial charge is 0.408 e. The van der Waals surface area contributed by atoms with E-state index < -0.39 is 29.7 Å². The van der Waals surface area contributed by atoms with Crippen LogP contribution < -0.4 is 16.0 Å². The zero-order valence-corrected chi connectivity index (χ0v) is 18.9. The van der Waals surface area contributed by atoms with Crippen LogP contribution in [-0.4, -0.2) is 53.2 Å². The molecule has 9 nitrogen and oxygen atoms in total. The molecule has 9 heteroatoms. The van der Waals surface area contributed by atoms with Gasteiger partial charge in [-0.1, -0.05) is 13.8 Å². The monoisotopic (exact) mass is 427 g/mol. The molecule has 0 spiro atoms. The third kappa shape index (κ3) is 9.00. The molecule has 0 aromatic carbocycles. The highest BCUT2D eigenvalue weighted by atomic mass is 16.6. The van der Waals surface area contributed by atoms with Gasteiger partial charge in [0.2, 0.25) is 11.8 Å². The number of nitrogens with one attached hydrogen (secondary N) is 3. The van der Waals surface area contributed by atoms with Gasteiger partial charge in [0.1, 0.15) is 17.7 Å². The number of amides is 3. The Bertz CT molecular complexity index is 621. The number of carbonyl (C=O) groups is 4. The molecule has 4 N–H and O–H groups in total. The molecule has 2 atom stereocenters. The molecular formula is C21H37N3O6. The highest BCUT2D eigenvalue weighted by molar-refractivity contribution is 5.86. The van der Waals surface area contributed by atoms with Gasteiger partial charge >= 0.3 is 12.1 Å². The van der Waals surface area contributed by atoms with Crippen molar-refractivity contribution >= 4 is 23.9 Å². The molecule has 3 amide bonds. The topological polar surface area (TPSA) is 134 Å². The molecule has 0 aromatic rings. The normalized spacial score (nSPS) is 21.3. The van der Waals surface area contributed by atoms with Gasteiger partial charge in [0.15, 0.2) is 0 Å². The fraction of sp³-hybridized carbons (Fsp3) is 0.810. The molecule has 0 unspecified atom stereocenters. The first-order chi connectivity index (χ1) is 13.8. The molecule has 0 radical (unpaired) electrons. The van der Waals surface area contributed by atoms with E-state index in [1.54, 1.807) is 20.8 Å². The van der Waals surface area contributed by atoms with E-state index in [1.807, 2.05) is 13.8 Å². The number of carboxylic acid groups (broad SMARTS) is 1. The van der Waals surface area contributed by atoms with Crippen molar-refractivity contribution in [3.05, 3.63) is 0 Å². The van der Waals surface area contributed by atoms with Crippen molar-refractivity contribution in [3.63, 3.8) is 0 Å². The van der Waals surface area contributed by atoms with Crippen LogP contribution in [0.3, 0.4) is 0 Å². The zero-order chi connectivity index (χ0) is 23.1.